The van der Waals surface area contributed by atoms with Crippen molar-refractivity contribution in [3.63, 3.8) is 0 Å². The summed E-state index contributed by atoms with van der Waals surface area (Å²) in [5, 5.41) is 3.10. The number of benzene rings is 1. The van der Waals surface area contributed by atoms with Crippen LogP contribution in [-0.2, 0) is 0 Å². The van der Waals surface area contributed by atoms with Gasteiger partial charge in [-0.25, -0.2) is 0 Å². The maximum atomic E-state index is 5.65. The lowest BCUT2D eigenvalue weighted by molar-refractivity contribution is 0.969. The van der Waals surface area contributed by atoms with Crippen molar-refractivity contribution in [3.8, 4) is 0 Å². The van der Waals surface area contributed by atoms with Crippen molar-refractivity contribution in [1.29, 1.82) is 0 Å². The molecule has 0 unspecified atom stereocenters. The van der Waals surface area contributed by atoms with Gasteiger partial charge < -0.3 is 16.0 Å². The molecule has 1 aromatic carbocycles. The summed E-state index contributed by atoms with van der Waals surface area (Å²) in [5.41, 5.74) is 7.76. The first-order valence-corrected chi connectivity index (χ1v) is 5.57. The van der Waals surface area contributed by atoms with E-state index in [9.17, 15) is 0 Å². The van der Waals surface area contributed by atoms with Gasteiger partial charge in [-0.3, -0.25) is 0 Å². The van der Waals surface area contributed by atoms with Gasteiger partial charge in [0.15, 0.2) is 0 Å². The molecule has 0 amide bonds. The van der Waals surface area contributed by atoms with Gasteiger partial charge in [-0.2, -0.15) is 15.0 Å². The molecule has 0 aliphatic heterocycles. The van der Waals surface area contributed by atoms with Crippen LogP contribution >= 0.6 is 0 Å². The fourth-order valence-electron chi connectivity index (χ4n) is 1.40. The van der Waals surface area contributed by atoms with E-state index in [1.54, 1.807) is 4.90 Å². The minimum absolute atomic E-state index is 0.198. The van der Waals surface area contributed by atoms with Crippen LogP contribution in [-0.4, -0.2) is 29.0 Å². The zero-order valence-corrected chi connectivity index (χ0v) is 10.7. The Morgan fingerprint density at radius 3 is 2.33 bits per heavy atom. The van der Waals surface area contributed by atoms with Crippen molar-refractivity contribution in [3.05, 3.63) is 29.8 Å². The quantitative estimate of drug-likeness (QED) is 0.853. The third-order valence-electron chi connectivity index (χ3n) is 2.35. The van der Waals surface area contributed by atoms with E-state index in [2.05, 4.69) is 20.3 Å². The first-order chi connectivity index (χ1) is 8.54. The highest BCUT2D eigenvalue weighted by atomic mass is 15.3. The summed E-state index contributed by atoms with van der Waals surface area (Å²) in [7, 11) is 3.70. The van der Waals surface area contributed by atoms with Crippen LogP contribution < -0.4 is 16.0 Å². The highest BCUT2D eigenvalue weighted by Gasteiger charge is 2.06. The van der Waals surface area contributed by atoms with Gasteiger partial charge in [-0.05, 0) is 19.1 Å². The Morgan fingerprint density at radius 1 is 1.06 bits per heavy atom. The first kappa shape index (κ1) is 12.1. The molecule has 94 valence electrons. The monoisotopic (exact) mass is 244 g/mol. The van der Waals surface area contributed by atoms with E-state index >= 15 is 0 Å². The first-order valence-electron chi connectivity index (χ1n) is 5.57. The maximum absolute atomic E-state index is 5.65. The molecule has 2 rings (SSSR count). The molecular weight excluding hydrogens is 228 g/mol. The molecule has 1 aromatic heterocycles. The number of nitrogens with one attached hydrogen (secondary N) is 1. The Balaban J connectivity index is 2.26. The van der Waals surface area contributed by atoms with Crippen molar-refractivity contribution in [2.24, 2.45) is 0 Å². The Bertz CT molecular complexity index is 535. The second-order valence-electron chi connectivity index (χ2n) is 4.20. The lowest BCUT2D eigenvalue weighted by Gasteiger charge is -2.12. The van der Waals surface area contributed by atoms with E-state index in [4.69, 9.17) is 5.73 Å². The van der Waals surface area contributed by atoms with Gasteiger partial charge in [0.25, 0.3) is 0 Å². The zero-order valence-electron chi connectivity index (χ0n) is 10.7. The summed E-state index contributed by atoms with van der Waals surface area (Å²) >= 11 is 0. The average molecular weight is 244 g/mol. The predicted octanol–water partition coefficient (Wildman–Crippen LogP) is 1.57. The number of nitrogens with two attached hydrogens (primary N) is 1. The molecule has 0 aliphatic carbocycles. The van der Waals surface area contributed by atoms with Crippen LogP contribution in [0.25, 0.3) is 0 Å². The van der Waals surface area contributed by atoms with Gasteiger partial charge >= 0.3 is 0 Å². The summed E-state index contributed by atoms with van der Waals surface area (Å²) in [5.74, 6) is 1.16. The van der Waals surface area contributed by atoms with Crippen LogP contribution in [0.3, 0.4) is 0 Å². The van der Waals surface area contributed by atoms with Crippen LogP contribution in [0.2, 0.25) is 0 Å². The van der Waals surface area contributed by atoms with Crippen molar-refractivity contribution in [2.45, 2.75) is 6.92 Å². The normalized spacial score (nSPS) is 10.2. The highest BCUT2D eigenvalue weighted by molar-refractivity contribution is 5.55. The summed E-state index contributed by atoms with van der Waals surface area (Å²) in [6, 6.07) is 7.95. The van der Waals surface area contributed by atoms with Gasteiger partial charge in [-0.1, -0.05) is 17.7 Å². The van der Waals surface area contributed by atoms with Gasteiger partial charge in [0.05, 0.1) is 0 Å². The number of nitrogen functional groups attached to an aromatic ring is 1. The third-order valence-corrected chi connectivity index (χ3v) is 2.35. The third kappa shape index (κ3) is 2.85. The molecule has 0 saturated heterocycles. The highest BCUT2D eigenvalue weighted by Crippen LogP contribution is 2.16. The SMILES string of the molecule is Cc1ccc(Nc2nc(N)nc(N(C)C)n2)cc1. The number of aryl methyl sites for hydroxylation is 1. The molecule has 0 saturated carbocycles. The molecule has 0 spiro atoms. The van der Waals surface area contributed by atoms with Crippen molar-refractivity contribution in [2.75, 3.05) is 30.0 Å². The number of rotatable bonds is 3. The van der Waals surface area contributed by atoms with Crippen LogP contribution in [0.1, 0.15) is 5.56 Å². The van der Waals surface area contributed by atoms with Crippen molar-refractivity contribution in [1.82, 2.24) is 15.0 Å². The molecule has 0 fully saturated rings. The van der Waals surface area contributed by atoms with E-state index in [0.717, 1.165) is 5.69 Å². The van der Waals surface area contributed by atoms with E-state index < -0.39 is 0 Å². The molecular formula is C12H16N6. The molecule has 0 atom stereocenters. The van der Waals surface area contributed by atoms with Gasteiger partial charge in [0.2, 0.25) is 17.8 Å². The Hall–Kier alpha value is -2.37. The van der Waals surface area contributed by atoms with E-state index in [1.807, 2.05) is 45.3 Å². The van der Waals surface area contributed by atoms with Crippen LogP contribution in [0.15, 0.2) is 24.3 Å². The molecule has 0 radical (unpaired) electrons. The molecule has 6 heteroatoms. The Kier molecular flexibility index (Phi) is 3.27. The largest absolute Gasteiger partial charge is 0.368 e. The van der Waals surface area contributed by atoms with E-state index in [1.165, 1.54) is 5.56 Å². The second kappa shape index (κ2) is 4.87. The molecule has 6 nitrogen and oxygen atoms in total. The Labute approximate surface area is 106 Å². The summed E-state index contributed by atoms with van der Waals surface area (Å²) in [6.07, 6.45) is 0. The van der Waals surface area contributed by atoms with E-state index in [-0.39, 0.29) is 5.95 Å². The zero-order chi connectivity index (χ0) is 13.1. The number of hydrogen-bond acceptors (Lipinski definition) is 6. The number of hydrogen-bond donors (Lipinski definition) is 2. The van der Waals surface area contributed by atoms with Gasteiger partial charge in [0, 0.05) is 19.8 Å². The molecule has 3 N–H and O–H groups in total. The van der Waals surface area contributed by atoms with Crippen LogP contribution in [0, 0.1) is 6.92 Å². The predicted molar refractivity (Wildman–Crippen MR) is 73.0 cm³/mol. The molecule has 0 aliphatic rings. The van der Waals surface area contributed by atoms with Gasteiger partial charge in [0.1, 0.15) is 0 Å². The maximum Gasteiger partial charge on any atom is 0.233 e. The number of aromatic nitrogens is 3. The fourth-order valence-corrected chi connectivity index (χ4v) is 1.40. The number of nitrogens with zero attached hydrogens (tertiary/aromatic N) is 4. The molecule has 18 heavy (non-hydrogen) atoms. The van der Waals surface area contributed by atoms with Crippen molar-refractivity contribution >= 4 is 23.5 Å². The minimum Gasteiger partial charge on any atom is -0.368 e. The molecule has 1 heterocycles. The topological polar surface area (TPSA) is 80.0 Å². The smallest absolute Gasteiger partial charge is 0.233 e. The van der Waals surface area contributed by atoms with Crippen LogP contribution in [0.4, 0.5) is 23.5 Å². The summed E-state index contributed by atoms with van der Waals surface area (Å²) in [4.78, 5) is 14.1. The lowest BCUT2D eigenvalue weighted by Crippen LogP contribution is -2.15. The lowest BCUT2D eigenvalue weighted by atomic mass is 10.2. The molecule has 2 aromatic rings. The second-order valence-corrected chi connectivity index (χ2v) is 4.20. The average Bonchev–Trinajstić information content (AvgIpc) is 2.31. The summed E-state index contributed by atoms with van der Waals surface area (Å²) < 4.78 is 0. The minimum atomic E-state index is 0.198. The molecule has 0 bridgehead atoms. The van der Waals surface area contributed by atoms with E-state index in [0.29, 0.717) is 11.9 Å². The number of anilines is 4. The summed E-state index contributed by atoms with van der Waals surface area (Å²) in [6.45, 7) is 2.04. The van der Waals surface area contributed by atoms with Crippen molar-refractivity contribution < 1.29 is 0 Å². The standard InChI is InChI=1S/C12H16N6/c1-8-4-6-9(7-5-8)14-11-15-10(13)16-12(17-11)18(2)3/h4-7H,1-3H3,(H3,13,14,15,16,17). The Morgan fingerprint density at radius 2 is 1.72 bits per heavy atom. The fraction of sp³-hybridized carbons (Fsp3) is 0.250. The van der Waals surface area contributed by atoms with Gasteiger partial charge in [-0.15, -0.1) is 0 Å². The van der Waals surface area contributed by atoms with Crippen LogP contribution in [0.5, 0.6) is 0 Å².